The van der Waals surface area contributed by atoms with E-state index in [0.717, 1.165) is 4.57 Å². The summed E-state index contributed by atoms with van der Waals surface area (Å²) < 4.78 is 65.6. The van der Waals surface area contributed by atoms with Crippen molar-refractivity contribution >= 4 is 38.0 Å². The van der Waals surface area contributed by atoms with E-state index in [-0.39, 0.29) is 17.5 Å². The first-order valence-corrected chi connectivity index (χ1v) is 11.7. The van der Waals surface area contributed by atoms with Gasteiger partial charge < -0.3 is 9.88 Å². The summed E-state index contributed by atoms with van der Waals surface area (Å²) in [5.74, 6) is 0.214. The van der Waals surface area contributed by atoms with Gasteiger partial charge in [-0.1, -0.05) is 29.8 Å². The van der Waals surface area contributed by atoms with Gasteiger partial charge in [-0.3, -0.25) is 0 Å². The maximum absolute atomic E-state index is 14.6. The molecule has 0 spiro atoms. The molecule has 1 fully saturated rings. The molecule has 4 rings (SSSR count). The van der Waals surface area contributed by atoms with E-state index in [1.165, 1.54) is 0 Å². The molecule has 0 saturated carbocycles. The Morgan fingerprint density at radius 2 is 1.70 bits per heavy atom. The van der Waals surface area contributed by atoms with Crippen LogP contribution in [-0.2, 0) is 9.84 Å². The van der Waals surface area contributed by atoms with Gasteiger partial charge in [0.2, 0.25) is 6.30 Å². The third kappa shape index (κ3) is 4.16. The molecule has 9 heteroatoms. The maximum atomic E-state index is 14.6. The van der Waals surface area contributed by atoms with Crippen LogP contribution in [0.15, 0.2) is 48.5 Å². The van der Waals surface area contributed by atoms with Crippen molar-refractivity contribution in [2.75, 3.05) is 16.8 Å². The lowest BCUT2D eigenvalue weighted by Gasteiger charge is -2.24. The van der Waals surface area contributed by atoms with E-state index >= 15 is 0 Å². The zero-order valence-electron chi connectivity index (χ0n) is 15.9. The van der Waals surface area contributed by atoms with Gasteiger partial charge in [-0.05, 0) is 48.7 Å². The van der Waals surface area contributed by atoms with Gasteiger partial charge in [0.15, 0.2) is 0 Å². The number of anilines is 1. The second-order valence-corrected chi connectivity index (χ2v) is 10.2. The van der Waals surface area contributed by atoms with Crippen LogP contribution in [0.1, 0.15) is 19.1 Å². The summed E-state index contributed by atoms with van der Waals surface area (Å²) >= 11 is 5.93. The van der Waals surface area contributed by atoms with Crippen molar-refractivity contribution in [3.05, 3.63) is 53.6 Å². The van der Waals surface area contributed by atoms with Crippen molar-refractivity contribution in [2.24, 2.45) is 0 Å². The highest BCUT2D eigenvalue weighted by atomic mass is 35.5. The number of benzene rings is 2. The van der Waals surface area contributed by atoms with Crippen LogP contribution in [0.3, 0.4) is 0 Å². The van der Waals surface area contributed by atoms with Crippen molar-refractivity contribution in [3.63, 3.8) is 0 Å². The highest BCUT2D eigenvalue weighted by Gasteiger charge is 2.28. The molecular weight excluding hydrogens is 437 g/mol. The molecule has 2 heterocycles. The fourth-order valence-corrected chi connectivity index (χ4v) is 5.47. The number of rotatable bonds is 5. The van der Waals surface area contributed by atoms with Crippen molar-refractivity contribution in [2.45, 2.75) is 31.6 Å². The first kappa shape index (κ1) is 21.1. The van der Waals surface area contributed by atoms with Crippen LogP contribution in [0.4, 0.5) is 18.9 Å². The zero-order valence-corrected chi connectivity index (χ0v) is 17.4. The van der Waals surface area contributed by atoms with Crippen LogP contribution in [-0.4, -0.2) is 37.0 Å². The number of halogens is 4. The average Bonchev–Trinajstić information content (AvgIpc) is 3.10. The van der Waals surface area contributed by atoms with Gasteiger partial charge in [-0.15, -0.1) is 0 Å². The molecule has 1 aromatic heterocycles. The van der Waals surface area contributed by atoms with Gasteiger partial charge in [-0.2, -0.15) is 0 Å². The molecule has 1 unspecified atom stereocenters. The SMILES string of the molecule is O=S1(=O)CCC(Nc2cccc3c2cc(-c2ccc(Cl)cc2)n3C(F)C(F)F)CC1. The maximum Gasteiger partial charge on any atom is 0.288 e. The molecule has 1 atom stereocenters. The predicted molar refractivity (Wildman–Crippen MR) is 114 cm³/mol. The third-order valence-corrected chi connectivity index (χ3v) is 7.36. The topological polar surface area (TPSA) is 51.1 Å². The number of nitrogens with one attached hydrogen (secondary N) is 1. The van der Waals surface area contributed by atoms with Crippen LogP contribution < -0.4 is 5.32 Å². The first-order chi connectivity index (χ1) is 14.2. The van der Waals surface area contributed by atoms with Gasteiger partial charge in [-0.25, -0.2) is 21.6 Å². The number of alkyl halides is 3. The number of hydrogen-bond acceptors (Lipinski definition) is 3. The molecule has 0 amide bonds. The largest absolute Gasteiger partial charge is 0.382 e. The lowest BCUT2D eigenvalue weighted by atomic mass is 10.1. The number of nitrogens with zero attached hydrogens (tertiary/aromatic N) is 1. The minimum absolute atomic E-state index is 0.0577. The van der Waals surface area contributed by atoms with Crippen LogP contribution in [0.5, 0.6) is 0 Å². The molecule has 1 aliphatic heterocycles. The summed E-state index contributed by atoms with van der Waals surface area (Å²) in [4.78, 5) is 0. The normalized spacial score (nSPS) is 18.0. The Morgan fingerprint density at radius 3 is 2.33 bits per heavy atom. The molecule has 2 aromatic carbocycles. The van der Waals surface area contributed by atoms with E-state index in [1.54, 1.807) is 48.5 Å². The quantitative estimate of drug-likeness (QED) is 0.537. The summed E-state index contributed by atoms with van der Waals surface area (Å²) in [6.07, 6.45) is -4.77. The monoisotopic (exact) mass is 456 g/mol. The number of hydrogen-bond donors (Lipinski definition) is 1. The summed E-state index contributed by atoms with van der Waals surface area (Å²) in [6.45, 7) is 0. The van der Waals surface area contributed by atoms with Gasteiger partial charge in [0, 0.05) is 22.1 Å². The molecule has 30 heavy (non-hydrogen) atoms. The molecule has 0 aliphatic carbocycles. The third-order valence-electron chi connectivity index (χ3n) is 5.39. The minimum atomic E-state index is -3.19. The lowest BCUT2D eigenvalue weighted by Crippen LogP contribution is -2.32. The molecule has 4 nitrogen and oxygen atoms in total. The molecule has 1 N–H and O–H groups in total. The number of sulfone groups is 1. The standard InChI is InChI=1S/C21H20ClF3N2O2S/c22-14-6-4-13(5-7-14)19-12-16-17(26-15-8-10-30(28,29)11-9-15)2-1-3-18(16)27(19)21(25)20(23)24/h1-7,12,15,20-21,26H,8-11H2. The predicted octanol–water partition coefficient (Wildman–Crippen LogP) is 5.68. The lowest BCUT2D eigenvalue weighted by molar-refractivity contribution is 0.0115. The Bertz CT molecular complexity index is 1150. The zero-order chi connectivity index (χ0) is 21.5. The van der Waals surface area contributed by atoms with Gasteiger partial charge >= 0.3 is 0 Å². The Balaban J connectivity index is 1.79. The fraction of sp³-hybridized carbons (Fsp3) is 0.333. The first-order valence-electron chi connectivity index (χ1n) is 9.54. The molecule has 160 valence electrons. The second kappa shape index (κ2) is 8.15. The summed E-state index contributed by atoms with van der Waals surface area (Å²) in [5, 5.41) is 4.41. The van der Waals surface area contributed by atoms with E-state index in [4.69, 9.17) is 11.6 Å². The average molecular weight is 457 g/mol. The number of aromatic nitrogens is 1. The van der Waals surface area contributed by atoms with E-state index in [2.05, 4.69) is 5.32 Å². The van der Waals surface area contributed by atoms with Crippen molar-refractivity contribution in [3.8, 4) is 11.3 Å². The summed E-state index contributed by atoms with van der Waals surface area (Å²) in [7, 11) is -3.00. The van der Waals surface area contributed by atoms with Gasteiger partial charge in [0.1, 0.15) is 9.84 Å². The molecular formula is C21H20ClF3N2O2S. The van der Waals surface area contributed by atoms with E-state index in [9.17, 15) is 21.6 Å². The molecule has 3 aromatic rings. The highest BCUT2D eigenvalue weighted by molar-refractivity contribution is 7.91. The van der Waals surface area contributed by atoms with Crippen LogP contribution in [0.25, 0.3) is 22.2 Å². The summed E-state index contributed by atoms with van der Waals surface area (Å²) in [5.41, 5.74) is 1.87. The molecule has 1 aliphatic rings. The Morgan fingerprint density at radius 1 is 1.03 bits per heavy atom. The van der Waals surface area contributed by atoms with Crippen LogP contribution >= 0.6 is 11.6 Å². The van der Waals surface area contributed by atoms with Crippen molar-refractivity contribution in [1.29, 1.82) is 0 Å². The molecule has 0 bridgehead atoms. The van der Waals surface area contributed by atoms with Crippen molar-refractivity contribution in [1.82, 2.24) is 4.57 Å². The van der Waals surface area contributed by atoms with E-state index < -0.39 is 22.6 Å². The minimum Gasteiger partial charge on any atom is -0.382 e. The smallest absolute Gasteiger partial charge is 0.288 e. The van der Waals surface area contributed by atoms with Crippen molar-refractivity contribution < 1.29 is 21.6 Å². The second-order valence-electron chi connectivity index (χ2n) is 7.42. The van der Waals surface area contributed by atoms with Gasteiger partial charge in [0.05, 0.1) is 22.7 Å². The van der Waals surface area contributed by atoms with E-state index in [1.807, 2.05) is 0 Å². The van der Waals surface area contributed by atoms with Gasteiger partial charge in [0.25, 0.3) is 6.43 Å². The van der Waals surface area contributed by atoms with Crippen LogP contribution in [0, 0.1) is 0 Å². The Hall–Kier alpha value is -2.19. The summed E-state index contributed by atoms with van der Waals surface area (Å²) in [6, 6.07) is 13.2. The molecule has 0 radical (unpaired) electrons. The molecule has 1 saturated heterocycles. The Labute approximate surface area is 177 Å². The Kier molecular flexibility index (Phi) is 5.72. The fourth-order valence-electron chi connectivity index (χ4n) is 3.85. The van der Waals surface area contributed by atoms with E-state index in [0.29, 0.717) is 45.7 Å². The highest BCUT2D eigenvalue weighted by Crippen LogP contribution is 2.38. The number of fused-ring (bicyclic) bond motifs is 1. The van der Waals surface area contributed by atoms with Crippen LogP contribution in [0.2, 0.25) is 5.02 Å².